The van der Waals surface area contributed by atoms with Crippen molar-refractivity contribution in [1.29, 1.82) is 0 Å². The molecule has 0 spiro atoms. The number of nitrogens with zero attached hydrogens (tertiary/aromatic N) is 1. The molecule has 22 heavy (non-hydrogen) atoms. The first kappa shape index (κ1) is 16.1. The molecule has 2 N–H and O–H groups in total. The lowest BCUT2D eigenvalue weighted by molar-refractivity contribution is -0.122. The van der Waals surface area contributed by atoms with Gasteiger partial charge in [-0.15, -0.1) is 0 Å². The second-order valence-corrected chi connectivity index (χ2v) is 5.84. The summed E-state index contributed by atoms with van der Waals surface area (Å²) in [7, 11) is 0. The first-order valence-electron chi connectivity index (χ1n) is 7.46. The van der Waals surface area contributed by atoms with Crippen LogP contribution >= 0.6 is 0 Å². The zero-order valence-corrected chi connectivity index (χ0v) is 13.7. The van der Waals surface area contributed by atoms with E-state index in [4.69, 9.17) is 4.74 Å². The molecule has 118 valence electrons. The highest BCUT2D eigenvalue weighted by Gasteiger charge is 2.17. The van der Waals surface area contributed by atoms with Crippen molar-refractivity contribution in [2.75, 3.05) is 5.32 Å². The van der Waals surface area contributed by atoms with Crippen LogP contribution in [0.2, 0.25) is 0 Å². The standard InChI is InChI=1S/C17H23N3O2/c1-10(2)14-7-6-11(3)15(8-14)22-13(5)16(21)20-17-18-9-12(4)19-17/h6-10,13H,1-5H3,(H2,18,19,20,21). The minimum atomic E-state index is -0.605. The Morgan fingerprint density at radius 3 is 2.59 bits per heavy atom. The summed E-state index contributed by atoms with van der Waals surface area (Å²) in [5.41, 5.74) is 3.09. The Kier molecular flexibility index (Phi) is 4.85. The molecule has 1 amide bonds. The van der Waals surface area contributed by atoms with Crippen LogP contribution < -0.4 is 10.1 Å². The van der Waals surface area contributed by atoms with Gasteiger partial charge in [0.25, 0.3) is 5.91 Å². The molecular formula is C17H23N3O2. The van der Waals surface area contributed by atoms with Gasteiger partial charge < -0.3 is 9.72 Å². The summed E-state index contributed by atoms with van der Waals surface area (Å²) in [5.74, 6) is 1.36. The molecule has 0 radical (unpaired) electrons. The normalized spacial score (nSPS) is 12.3. The summed E-state index contributed by atoms with van der Waals surface area (Å²) in [6.07, 6.45) is 1.06. The average Bonchev–Trinajstić information content (AvgIpc) is 2.86. The molecule has 1 heterocycles. The third-order valence-corrected chi connectivity index (χ3v) is 3.50. The Labute approximate surface area is 131 Å². The van der Waals surface area contributed by atoms with Crippen molar-refractivity contribution in [3.63, 3.8) is 0 Å². The fraction of sp³-hybridized carbons (Fsp3) is 0.412. The molecule has 1 aromatic carbocycles. The van der Waals surface area contributed by atoms with E-state index in [2.05, 4.69) is 35.2 Å². The molecule has 1 aromatic heterocycles. The molecule has 5 heteroatoms. The number of aryl methyl sites for hydroxylation is 2. The quantitative estimate of drug-likeness (QED) is 0.887. The van der Waals surface area contributed by atoms with E-state index in [0.717, 1.165) is 17.0 Å². The number of hydrogen-bond donors (Lipinski definition) is 2. The Hall–Kier alpha value is -2.30. The molecule has 0 aliphatic carbocycles. The van der Waals surface area contributed by atoms with Crippen LogP contribution in [0.15, 0.2) is 24.4 Å². The molecular weight excluding hydrogens is 278 g/mol. The van der Waals surface area contributed by atoms with Gasteiger partial charge in [-0.2, -0.15) is 0 Å². The minimum absolute atomic E-state index is 0.233. The summed E-state index contributed by atoms with van der Waals surface area (Å²) in [4.78, 5) is 19.2. The SMILES string of the molecule is Cc1cnc(NC(=O)C(C)Oc2cc(C(C)C)ccc2C)[nH]1. The van der Waals surface area contributed by atoms with Crippen molar-refractivity contribution in [2.24, 2.45) is 0 Å². The molecule has 0 saturated carbocycles. The Morgan fingerprint density at radius 1 is 1.27 bits per heavy atom. The molecule has 2 rings (SSSR count). The van der Waals surface area contributed by atoms with Crippen LogP contribution in [0.1, 0.15) is 43.5 Å². The van der Waals surface area contributed by atoms with E-state index >= 15 is 0 Å². The van der Waals surface area contributed by atoms with E-state index in [-0.39, 0.29) is 5.91 Å². The van der Waals surface area contributed by atoms with Crippen molar-refractivity contribution in [1.82, 2.24) is 9.97 Å². The predicted octanol–water partition coefficient (Wildman–Crippen LogP) is 3.56. The number of nitrogens with one attached hydrogen (secondary N) is 2. The van der Waals surface area contributed by atoms with Crippen LogP contribution in [0.5, 0.6) is 5.75 Å². The summed E-state index contributed by atoms with van der Waals surface area (Å²) in [5, 5.41) is 2.71. The van der Waals surface area contributed by atoms with Gasteiger partial charge >= 0.3 is 0 Å². The summed E-state index contributed by atoms with van der Waals surface area (Å²) in [6.45, 7) is 9.84. The Morgan fingerprint density at radius 2 is 2.00 bits per heavy atom. The molecule has 1 atom stereocenters. The summed E-state index contributed by atoms with van der Waals surface area (Å²) >= 11 is 0. The third kappa shape index (κ3) is 3.87. The number of H-pyrrole nitrogens is 1. The highest BCUT2D eigenvalue weighted by molar-refractivity contribution is 5.92. The second kappa shape index (κ2) is 6.64. The number of carbonyl (C=O) groups excluding carboxylic acids is 1. The van der Waals surface area contributed by atoms with Gasteiger partial charge in [-0.25, -0.2) is 4.98 Å². The zero-order chi connectivity index (χ0) is 16.3. The molecule has 5 nitrogen and oxygen atoms in total. The number of rotatable bonds is 5. The van der Waals surface area contributed by atoms with Crippen molar-refractivity contribution < 1.29 is 9.53 Å². The van der Waals surface area contributed by atoms with Gasteiger partial charge in [0.1, 0.15) is 5.75 Å². The first-order valence-corrected chi connectivity index (χ1v) is 7.46. The van der Waals surface area contributed by atoms with Gasteiger partial charge in [-0.1, -0.05) is 26.0 Å². The molecule has 0 bridgehead atoms. The van der Waals surface area contributed by atoms with Crippen LogP contribution in [0.3, 0.4) is 0 Å². The lowest BCUT2D eigenvalue weighted by Gasteiger charge is -2.17. The maximum atomic E-state index is 12.2. The maximum absolute atomic E-state index is 12.2. The second-order valence-electron chi connectivity index (χ2n) is 5.84. The van der Waals surface area contributed by atoms with Gasteiger partial charge in [0.15, 0.2) is 6.10 Å². The first-order chi connectivity index (χ1) is 10.4. The van der Waals surface area contributed by atoms with Gasteiger partial charge in [0.2, 0.25) is 5.95 Å². The number of anilines is 1. The van der Waals surface area contributed by atoms with Crippen molar-refractivity contribution in [3.05, 3.63) is 41.2 Å². The number of benzene rings is 1. The largest absolute Gasteiger partial charge is 0.481 e. The van der Waals surface area contributed by atoms with Gasteiger partial charge in [-0.3, -0.25) is 10.1 Å². The van der Waals surface area contributed by atoms with Gasteiger partial charge in [0.05, 0.1) is 0 Å². The molecule has 0 saturated heterocycles. The molecule has 2 aromatic rings. The number of aromatic amines is 1. The van der Waals surface area contributed by atoms with Crippen molar-refractivity contribution in [3.8, 4) is 5.75 Å². The van der Waals surface area contributed by atoms with E-state index in [1.165, 1.54) is 5.56 Å². The molecule has 0 fully saturated rings. The fourth-order valence-electron chi connectivity index (χ4n) is 2.04. The average molecular weight is 301 g/mol. The number of carbonyl (C=O) groups is 1. The minimum Gasteiger partial charge on any atom is -0.481 e. The molecule has 1 unspecified atom stereocenters. The van der Waals surface area contributed by atoms with Crippen molar-refractivity contribution >= 4 is 11.9 Å². The lowest BCUT2D eigenvalue weighted by atomic mass is 10.0. The van der Waals surface area contributed by atoms with Crippen LogP contribution in [0, 0.1) is 13.8 Å². The maximum Gasteiger partial charge on any atom is 0.267 e. The van der Waals surface area contributed by atoms with Crippen LogP contribution in [0.25, 0.3) is 0 Å². The fourth-order valence-corrected chi connectivity index (χ4v) is 2.04. The number of imidazole rings is 1. The van der Waals surface area contributed by atoms with Gasteiger partial charge in [0, 0.05) is 11.9 Å². The lowest BCUT2D eigenvalue weighted by Crippen LogP contribution is -2.30. The van der Waals surface area contributed by atoms with Gasteiger partial charge in [-0.05, 0) is 43.9 Å². The number of hydrogen-bond acceptors (Lipinski definition) is 3. The molecule has 0 aliphatic heterocycles. The van der Waals surface area contributed by atoms with Crippen LogP contribution in [-0.4, -0.2) is 22.0 Å². The van der Waals surface area contributed by atoms with E-state index in [9.17, 15) is 4.79 Å². The number of amides is 1. The summed E-state index contributed by atoms with van der Waals surface area (Å²) < 4.78 is 5.82. The number of aromatic nitrogens is 2. The Bertz CT molecular complexity index is 662. The van der Waals surface area contributed by atoms with Crippen LogP contribution in [-0.2, 0) is 4.79 Å². The van der Waals surface area contributed by atoms with E-state index in [1.807, 2.05) is 26.0 Å². The molecule has 0 aliphatic rings. The predicted molar refractivity (Wildman–Crippen MR) is 87.3 cm³/mol. The van der Waals surface area contributed by atoms with E-state index < -0.39 is 6.10 Å². The van der Waals surface area contributed by atoms with Crippen LogP contribution in [0.4, 0.5) is 5.95 Å². The van der Waals surface area contributed by atoms with E-state index in [1.54, 1.807) is 13.1 Å². The monoisotopic (exact) mass is 301 g/mol. The smallest absolute Gasteiger partial charge is 0.267 e. The van der Waals surface area contributed by atoms with E-state index in [0.29, 0.717) is 11.9 Å². The third-order valence-electron chi connectivity index (χ3n) is 3.50. The highest BCUT2D eigenvalue weighted by atomic mass is 16.5. The summed E-state index contributed by atoms with van der Waals surface area (Å²) in [6, 6.07) is 6.11. The number of ether oxygens (including phenoxy) is 1. The van der Waals surface area contributed by atoms with Crippen molar-refractivity contribution in [2.45, 2.75) is 46.6 Å². The zero-order valence-electron chi connectivity index (χ0n) is 13.7. The topological polar surface area (TPSA) is 67.0 Å². The Balaban J connectivity index is 2.06. The highest BCUT2D eigenvalue weighted by Crippen LogP contribution is 2.25.